The highest BCUT2D eigenvalue weighted by Crippen LogP contribution is 2.22. The van der Waals surface area contributed by atoms with Crippen molar-refractivity contribution in [2.45, 2.75) is 13.0 Å². The molecule has 0 aliphatic rings. The maximum Gasteiger partial charge on any atom is 0.292 e. The van der Waals surface area contributed by atoms with Crippen LogP contribution < -0.4 is 5.73 Å². The van der Waals surface area contributed by atoms with Crippen LogP contribution >= 0.6 is 0 Å². The van der Waals surface area contributed by atoms with E-state index in [1.54, 1.807) is 19.2 Å². The predicted octanol–water partition coefficient (Wildman–Crippen LogP) is 1.54. The van der Waals surface area contributed by atoms with Gasteiger partial charge < -0.3 is 10.5 Å². The Bertz CT molecular complexity index is 499. The molecular weight excluding hydrogens is 260 g/mol. The molecule has 0 atom stereocenters. The summed E-state index contributed by atoms with van der Waals surface area (Å²) in [6.07, 6.45) is 0.423. The van der Waals surface area contributed by atoms with Gasteiger partial charge in [-0.3, -0.25) is 15.0 Å². The zero-order valence-corrected chi connectivity index (χ0v) is 11.4. The molecule has 2 N–H and O–H groups in total. The Morgan fingerprint density at radius 2 is 2.25 bits per heavy atom. The van der Waals surface area contributed by atoms with E-state index in [1.165, 1.54) is 6.07 Å². The normalized spacial score (nSPS) is 10.4. The van der Waals surface area contributed by atoms with Crippen LogP contribution in [-0.4, -0.2) is 36.6 Å². The van der Waals surface area contributed by atoms with E-state index < -0.39 is 4.92 Å². The number of ether oxygens (including phenoxy) is 1. The van der Waals surface area contributed by atoms with Crippen LogP contribution in [0, 0.1) is 21.4 Å². The zero-order valence-electron chi connectivity index (χ0n) is 11.4. The first kappa shape index (κ1) is 15.9. The van der Waals surface area contributed by atoms with E-state index in [9.17, 15) is 10.1 Å². The molecule has 108 valence electrons. The third-order valence-electron chi connectivity index (χ3n) is 2.85. The molecular formula is C13H18N4O3. The average Bonchev–Trinajstić information content (AvgIpc) is 2.41. The van der Waals surface area contributed by atoms with Crippen LogP contribution in [0.2, 0.25) is 0 Å². The molecule has 0 aromatic heterocycles. The SMILES string of the molecule is COCCN(CCC#N)Cc1ccc([N+](=O)[O-])c(N)c1. The van der Waals surface area contributed by atoms with E-state index in [4.69, 9.17) is 15.7 Å². The molecule has 0 bridgehead atoms. The molecule has 0 spiro atoms. The van der Waals surface area contributed by atoms with Gasteiger partial charge in [-0.2, -0.15) is 5.26 Å². The second-order valence-corrected chi connectivity index (χ2v) is 4.33. The highest BCUT2D eigenvalue weighted by molar-refractivity contribution is 5.59. The molecule has 0 unspecified atom stereocenters. The van der Waals surface area contributed by atoms with Gasteiger partial charge in [-0.15, -0.1) is 0 Å². The lowest BCUT2D eigenvalue weighted by molar-refractivity contribution is -0.383. The van der Waals surface area contributed by atoms with E-state index in [-0.39, 0.29) is 11.4 Å². The van der Waals surface area contributed by atoms with Gasteiger partial charge in [0.25, 0.3) is 5.69 Å². The van der Waals surface area contributed by atoms with Crippen molar-refractivity contribution >= 4 is 11.4 Å². The van der Waals surface area contributed by atoms with Gasteiger partial charge in [0.2, 0.25) is 0 Å². The number of nitrogens with two attached hydrogens (primary N) is 1. The molecule has 0 amide bonds. The molecule has 1 aromatic carbocycles. The van der Waals surface area contributed by atoms with Gasteiger partial charge in [0, 0.05) is 39.2 Å². The third kappa shape index (κ3) is 4.84. The second kappa shape index (κ2) is 8.09. The summed E-state index contributed by atoms with van der Waals surface area (Å²) < 4.78 is 5.03. The minimum atomic E-state index is -0.502. The number of benzene rings is 1. The number of nitriles is 1. The van der Waals surface area contributed by atoms with E-state index in [2.05, 4.69) is 6.07 Å². The van der Waals surface area contributed by atoms with Crippen LogP contribution in [0.1, 0.15) is 12.0 Å². The summed E-state index contributed by atoms with van der Waals surface area (Å²) in [4.78, 5) is 12.2. The standard InChI is InChI=1S/C13H18N4O3/c1-20-8-7-16(6-2-5-14)10-11-3-4-13(17(18)19)12(15)9-11/h3-4,9H,2,6-8,10,15H2,1H3. The Labute approximate surface area is 117 Å². The number of nitro benzene ring substituents is 1. The van der Waals surface area contributed by atoms with Crippen molar-refractivity contribution in [2.75, 3.05) is 32.5 Å². The van der Waals surface area contributed by atoms with Gasteiger partial charge in [-0.05, 0) is 11.6 Å². The van der Waals surface area contributed by atoms with Gasteiger partial charge >= 0.3 is 0 Å². The van der Waals surface area contributed by atoms with Crippen LogP contribution in [0.3, 0.4) is 0 Å². The first-order chi connectivity index (χ1) is 9.58. The fourth-order valence-corrected chi connectivity index (χ4v) is 1.83. The molecule has 0 saturated heterocycles. The summed E-state index contributed by atoms with van der Waals surface area (Å²) in [7, 11) is 1.62. The third-order valence-corrected chi connectivity index (χ3v) is 2.85. The fourth-order valence-electron chi connectivity index (χ4n) is 1.83. The van der Waals surface area contributed by atoms with Gasteiger partial charge in [-0.25, -0.2) is 0 Å². The van der Waals surface area contributed by atoms with E-state index >= 15 is 0 Å². The number of rotatable bonds is 8. The summed E-state index contributed by atoms with van der Waals surface area (Å²) in [5.74, 6) is 0. The fraction of sp³-hybridized carbons (Fsp3) is 0.462. The Morgan fingerprint density at radius 3 is 2.80 bits per heavy atom. The molecule has 0 radical (unpaired) electrons. The second-order valence-electron chi connectivity index (χ2n) is 4.33. The smallest absolute Gasteiger partial charge is 0.292 e. The summed E-state index contributed by atoms with van der Waals surface area (Å²) in [6.45, 7) is 2.45. The monoisotopic (exact) mass is 278 g/mol. The number of hydrogen-bond donors (Lipinski definition) is 1. The van der Waals surface area contributed by atoms with Crippen molar-refractivity contribution in [1.29, 1.82) is 5.26 Å². The van der Waals surface area contributed by atoms with E-state index in [1.807, 2.05) is 4.90 Å². The first-order valence-corrected chi connectivity index (χ1v) is 6.19. The molecule has 0 fully saturated rings. The van der Waals surface area contributed by atoms with E-state index in [0.717, 1.165) is 5.56 Å². The number of anilines is 1. The number of methoxy groups -OCH3 is 1. The minimum Gasteiger partial charge on any atom is -0.393 e. The predicted molar refractivity (Wildman–Crippen MR) is 74.9 cm³/mol. The van der Waals surface area contributed by atoms with E-state index in [0.29, 0.717) is 32.7 Å². The molecule has 0 aliphatic carbocycles. The van der Waals surface area contributed by atoms with Crippen molar-refractivity contribution in [3.63, 3.8) is 0 Å². The minimum absolute atomic E-state index is 0.0887. The zero-order chi connectivity index (χ0) is 15.0. The summed E-state index contributed by atoms with van der Waals surface area (Å²) >= 11 is 0. The van der Waals surface area contributed by atoms with Crippen molar-refractivity contribution in [2.24, 2.45) is 0 Å². The Balaban J connectivity index is 2.74. The van der Waals surface area contributed by atoms with Gasteiger partial charge in [-0.1, -0.05) is 6.07 Å². The number of nitrogens with zero attached hydrogens (tertiary/aromatic N) is 3. The molecule has 1 aromatic rings. The largest absolute Gasteiger partial charge is 0.393 e. The molecule has 0 saturated carbocycles. The molecule has 0 aliphatic heterocycles. The lowest BCUT2D eigenvalue weighted by Crippen LogP contribution is -2.28. The first-order valence-electron chi connectivity index (χ1n) is 6.19. The molecule has 20 heavy (non-hydrogen) atoms. The maximum absolute atomic E-state index is 10.7. The van der Waals surface area contributed by atoms with Crippen molar-refractivity contribution < 1.29 is 9.66 Å². The van der Waals surface area contributed by atoms with Crippen molar-refractivity contribution in [1.82, 2.24) is 4.90 Å². The van der Waals surface area contributed by atoms with Crippen LogP contribution in [-0.2, 0) is 11.3 Å². The van der Waals surface area contributed by atoms with Crippen LogP contribution in [0.25, 0.3) is 0 Å². The Morgan fingerprint density at radius 1 is 1.50 bits per heavy atom. The number of hydrogen-bond acceptors (Lipinski definition) is 6. The number of nitro groups is 1. The lowest BCUT2D eigenvalue weighted by Gasteiger charge is -2.20. The molecule has 7 heteroatoms. The quantitative estimate of drug-likeness (QED) is 0.439. The van der Waals surface area contributed by atoms with Crippen molar-refractivity contribution in [3.8, 4) is 6.07 Å². The summed E-state index contributed by atoms with van der Waals surface area (Å²) in [6, 6.07) is 6.79. The van der Waals surface area contributed by atoms with Crippen LogP contribution in [0.4, 0.5) is 11.4 Å². The maximum atomic E-state index is 10.7. The number of nitrogen functional groups attached to an aromatic ring is 1. The Hall–Kier alpha value is -2.17. The lowest BCUT2D eigenvalue weighted by atomic mass is 10.1. The van der Waals surface area contributed by atoms with Gasteiger partial charge in [0.15, 0.2) is 0 Å². The molecule has 0 heterocycles. The molecule has 1 rings (SSSR count). The highest BCUT2D eigenvalue weighted by atomic mass is 16.6. The van der Waals surface area contributed by atoms with Gasteiger partial charge in [0.05, 0.1) is 17.6 Å². The van der Waals surface area contributed by atoms with Crippen LogP contribution in [0.15, 0.2) is 18.2 Å². The Kier molecular flexibility index (Phi) is 6.43. The topological polar surface area (TPSA) is 105 Å². The highest BCUT2D eigenvalue weighted by Gasteiger charge is 2.12. The molecule has 7 nitrogen and oxygen atoms in total. The van der Waals surface area contributed by atoms with Gasteiger partial charge in [0.1, 0.15) is 5.69 Å². The summed E-state index contributed by atoms with van der Waals surface area (Å²) in [5.41, 5.74) is 6.60. The van der Waals surface area contributed by atoms with Crippen LogP contribution in [0.5, 0.6) is 0 Å². The average molecular weight is 278 g/mol. The van der Waals surface area contributed by atoms with Crippen molar-refractivity contribution in [3.05, 3.63) is 33.9 Å². The summed E-state index contributed by atoms with van der Waals surface area (Å²) in [5, 5.41) is 19.3.